The molecule has 0 atom stereocenters. The minimum absolute atomic E-state index is 0.525. The first-order chi connectivity index (χ1) is 7.85. The number of rotatable bonds is 4. The van der Waals surface area contributed by atoms with Gasteiger partial charge in [-0.25, -0.2) is 0 Å². The van der Waals surface area contributed by atoms with Crippen molar-refractivity contribution >= 4 is 0 Å². The molecule has 16 heavy (non-hydrogen) atoms. The largest absolute Gasteiger partial charge is 0.269 e. The molecule has 0 aliphatic carbocycles. The molecule has 2 nitrogen and oxygen atoms in total. The van der Waals surface area contributed by atoms with Gasteiger partial charge in [-0.05, 0) is 18.9 Å². The Hall–Kier alpha value is -1.57. The summed E-state index contributed by atoms with van der Waals surface area (Å²) in [4.78, 5) is 0. The van der Waals surface area contributed by atoms with Crippen molar-refractivity contribution in [3.63, 3.8) is 0 Å². The Kier molecular flexibility index (Phi) is 3.40. The Balaban J connectivity index is 2.26. The van der Waals surface area contributed by atoms with Gasteiger partial charge in [0.05, 0.1) is 11.7 Å². The van der Waals surface area contributed by atoms with Gasteiger partial charge in [0.25, 0.3) is 0 Å². The minimum atomic E-state index is 0.525. The maximum absolute atomic E-state index is 4.64. The van der Waals surface area contributed by atoms with Crippen molar-refractivity contribution in [3.8, 4) is 11.3 Å². The molecule has 0 N–H and O–H groups in total. The molecule has 0 aliphatic heterocycles. The molecule has 2 aromatic rings. The molecule has 2 heteroatoms. The minimum Gasteiger partial charge on any atom is -0.269 e. The van der Waals surface area contributed by atoms with Crippen LogP contribution in [0.25, 0.3) is 11.3 Å². The molecule has 1 aromatic carbocycles. The summed E-state index contributed by atoms with van der Waals surface area (Å²) in [5.74, 6) is 0. The predicted octanol–water partition coefficient (Wildman–Crippen LogP) is 3.91. The van der Waals surface area contributed by atoms with E-state index in [0.717, 1.165) is 18.5 Å². The Labute approximate surface area is 96.9 Å². The monoisotopic (exact) mass is 214 g/mol. The lowest BCUT2D eigenvalue weighted by molar-refractivity contribution is 0.429. The normalized spacial score (nSPS) is 10.9. The van der Waals surface area contributed by atoms with Crippen molar-refractivity contribution in [2.45, 2.75) is 32.7 Å². The molecule has 0 spiro atoms. The van der Waals surface area contributed by atoms with Crippen LogP contribution in [0.5, 0.6) is 0 Å². The lowest BCUT2D eigenvalue weighted by Gasteiger charge is -2.12. The van der Waals surface area contributed by atoms with Gasteiger partial charge in [-0.2, -0.15) is 5.10 Å². The molecule has 1 heterocycles. The summed E-state index contributed by atoms with van der Waals surface area (Å²) in [6, 6.07) is 12.9. The molecule has 84 valence electrons. The van der Waals surface area contributed by atoms with E-state index in [1.807, 2.05) is 18.2 Å². The molecular formula is C14H18N2. The van der Waals surface area contributed by atoms with Crippen LogP contribution in [0, 0.1) is 0 Å². The maximum atomic E-state index is 4.64. The number of hydrogen-bond acceptors (Lipinski definition) is 1. The van der Waals surface area contributed by atoms with Crippen LogP contribution in [0.15, 0.2) is 42.6 Å². The lowest BCUT2D eigenvalue weighted by atomic mass is 10.2. The third kappa shape index (κ3) is 2.16. The van der Waals surface area contributed by atoms with Crippen molar-refractivity contribution in [1.29, 1.82) is 0 Å². The van der Waals surface area contributed by atoms with Crippen LogP contribution in [-0.2, 0) is 0 Å². The van der Waals surface area contributed by atoms with E-state index in [1.54, 1.807) is 0 Å². The molecule has 0 bridgehead atoms. The molecule has 2 rings (SSSR count). The highest BCUT2D eigenvalue weighted by molar-refractivity contribution is 5.57. The third-order valence-corrected chi connectivity index (χ3v) is 2.99. The number of hydrogen-bond donors (Lipinski definition) is 0. The van der Waals surface area contributed by atoms with Crippen molar-refractivity contribution in [3.05, 3.63) is 42.6 Å². The molecule has 0 unspecified atom stereocenters. The first-order valence-corrected chi connectivity index (χ1v) is 5.95. The SMILES string of the molecule is CCC(CC)n1ccc(-c2ccccc2)n1. The Morgan fingerprint density at radius 2 is 1.75 bits per heavy atom. The predicted molar refractivity (Wildman–Crippen MR) is 67.3 cm³/mol. The standard InChI is InChI=1S/C14H18N2/c1-3-13(4-2)16-11-10-14(15-16)12-8-6-5-7-9-12/h5-11,13H,3-4H2,1-2H3. The molecule has 0 saturated carbocycles. The van der Waals surface area contributed by atoms with Gasteiger partial charge in [0.2, 0.25) is 0 Å². The zero-order valence-electron chi connectivity index (χ0n) is 9.93. The molecule has 0 saturated heterocycles. The van der Waals surface area contributed by atoms with E-state index in [4.69, 9.17) is 0 Å². The fourth-order valence-electron chi connectivity index (χ4n) is 1.97. The second-order valence-electron chi connectivity index (χ2n) is 4.02. The molecule has 0 amide bonds. The second-order valence-corrected chi connectivity index (χ2v) is 4.02. The van der Waals surface area contributed by atoms with Gasteiger partial charge >= 0.3 is 0 Å². The lowest BCUT2D eigenvalue weighted by Crippen LogP contribution is -2.07. The van der Waals surface area contributed by atoms with Crippen molar-refractivity contribution in [2.75, 3.05) is 0 Å². The van der Waals surface area contributed by atoms with Gasteiger partial charge in [0, 0.05) is 11.8 Å². The maximum Gasteiger partial charge on any atom is 0.0923 e. The van der Waals surface area contributed by atoms with Crippen LogP contribution >= 0.6 is 0 Å². The van der Waals surface area contributed by atoms with Crippen LogP contribution < -0.4 is 0 Å². The highest BCUT2D eigenvalue weighted by atomic mass is 15.3. The second kappa shape index (κ2) is 4.97. The molecular weight excluding hydrogens is 196 g/mol. The van der Waals surface area contributed by atoms with Crippen molar-refractivity contribution in [2.24, 2.45) is 0 Å². The fraction of sp³-hybridized carbons (Fsp3) is 0.357. The molecule has 0 aliphatic rings. The van der Waals surface area contributed by atoms with Crippen molar-refractivity contribution < 1.29 is 0 Å². The van der Waals surface area contributed by atoms with Gasteiger partial charge in [0.1, 0.15) is 0 Å². The smallest absolute Gasteiger partial charge is 0.0923 e. The van der Waals surface area contributed by atoms with Crippen LogP contribution in [0.4, 0.5) is 0 Å². The third-order valence-electron chi connectivity index (χ3n) is 2.99. The molecule has 1 aromatic heterocycles. The van der Waals surface area contributed by atoms with Crippen LogP contribution in [0.3, 0.4) is 0 Å². The van der Waals surface area contributed by atoms with E-state index in [0.29, 0.717) is 6.04 Å². The van der Waals surface area contributed by atoms with E-state index in [1.165, 1.54) is 5.56 Å². The van der Waals surface area contributed by atoms with E-state index >= 15 is 0 Å². The van der Waals surface area contributed by atoms with Gasteiger partial charge in [-0.3, -0.25) is 4.68 Å². The van der Waals surface area contributed by atoms with E-state index in [9.17, 15) is 0 Å². The van der Waals surface area contributed by atoms with E-state index in [2.05, 4.69) is 48.0 Å². The van der Waals surface area contributed by atoms with E-state index in [-0.39, 0.29) is 0 Å². The number of nitrogens with zero attached hydrogens (tertiary/aromatic N) is 2. The summed E-state index contributed by atoms with van der Waals surface area (Å²) < 4.78 is 2.09. The number of benzene rings is 1. The van der Waals surface area contributed by atoms with Gasteiger partial charge in [-0.1, -0.05) is 44.2 Å². The summed E-state index contributed by atoms with van der Waals surface area (Å²) in [6.07, 6.45) is 4.35. The topological polar surface area (TPSA) is 17.8 Å². The summed E-state index contributed by atoms with van der Waals surface area (Å²) in [6.45, 7) is 4.41. The van der Waals surface area contributed by atoms with E-state index < -0.39 is 0 Å². The molecule has 0 fully saturated rings. The van der Waals surface area contributed by atoms with Gasteiger partial charge in [-0.15, -0.1) is 0 Å². The zero-order chi connectivity index (χ0) is 11.4. The first-order valence-electron chi connectivity index (χ1n) is 5.95. The van der Waals surface area contributed by atoms with Gasteiger partial charge in [0.15, 0.2) is 0 Å². The summed E-state index contributed by atoms with van der Waals surface area (Å²) in [5.41, 5.74) is 2.25. The Morgan fingerprint density at radius 1 is 1.06 bits per heavy atom. The Bertz CT molecular complexity index is 427. The van der Waals surface area contributed by atoms with Crippen LogP contribution in [0.2, 0.25) is 0 Å². The zero-order valence-corrected chi connectivity index (χ0v) is 9.93. The average Bonchev–Trinajstić information content (AvgIpc) is 2.81. The quantitative estimate of drug-likeness (QED) is 0.754. The molecule has 0 radical (unpaired) electrons. The summed E-state index contributed by atoms with van der Waals surface area (Å²) >= 11 is 0. The Morgan fingerprint density at radius 3 is 2.38 bits per heavy atom. The van der Waals surface area contributed by atoms with Gasteiger partial charge < -0.3 is 0 Å². The van der Waals surface area contributed by atoms with Crippen LogP contribution in [0.1, 0.15) is 32.7 Å². The van der Waals surface area contributed by atoms with Crippen molar-refractivity contribution in [1.82, 2.24) is 9.78 Å². The summed E-state index contributed by atoms with van der Waals surface area (Å²) in [7, 11) is 0. The summed E-state index contributed by atoms with van der Waals surface area (Å²) in [5, 5.41) is 4.64. The number of aromatic nitrogens is 2. The average molecular weight is 214 g/mol. The fourth-order valence-corrected chi connectivity index (χ4v) is 1.97. The highest BCUT2D eigenvalue weighted by Crippen LogP contribution is 2.20. The first kappa shape index (κ1) is 10.9. The van der Waals surface area contributed by atoms with Crippen LogP contribution in [-0.4, -0.2) is 9.78 Å². The highest BCUT2D eigenvalue weighted by Gasteiger charge is 2.08.